The highest BCUT2D eigenvalue weighted by Crippen LogP contribution is 2.29. The van der Waals surface area contributed by atoms with E-state index in [1.807, 2.05) is 13.0 Å². The molecule has 1 amide bonds. The Morgan fingerprint density at radius 3 is 2.37 bits per heavy atom. The lowest BCUT2D eigenvalue weighted by molar-refractivity contribution is -0.145. The van der Waals surface area contributed by atoms with Gasteiger partial charge in [-0.1, -0.05) is 18.2 Å². The van der Waals surface area contributed by atoms with Gasteiger partial charge in [-0.25, -0.2) is 15.0 Å². The van der Waals surface area contributed by atoms with Crippen LogP contribution in [0.5, 0.6) is 0 Å². The summed E-state index contributed by atoms with van der Waals surface area (Å²) in [4.78, 5) is 24.7. The maximum atomic E-state index is 12.7. The van der Waals surface area contributed by atoms with Crippen molar-refractivity contribution in [3.8, 4) is 10.6 Å². The highest BCUT2D eigenvalue weighted by Gasteiger charge is 2.34. The average molecular weight is 392 g/mol. The van der Waals surface area contributed by atoms with Gasteiger partial charge in [-0.15, -0.1) is 11.3 Å². The molecule has 0 aliphatic rings. The quantitative estimate of drug-likeness (QED) is 0.714. The molecular formula is C18H15F3N4OS. The SMILES string of the molecule is Cc1cnc(-c2ccccc2C(=O)N[C@H](C)c2cnc(C(F)(F)F)nc2)s1. The number of aryl methyl sites for hydroxylation is 1. The molecule has 3 aromatic rings. The number of benzene rings is 1. The van der Waals surface area contributed by atoms with Crippen molar-refractivity contribution in [1.29, 1.82) is 0 Å². The van der Waals surface area contributed by atoms with E-state index in [4.69, 9.17) is 0 Å². The minimum Gasteiger partial charge on any atom is -0.345 e. The number of hydrogen-bond acceptors (Lipinski definition) is 5. The van der Waals surface area contributed by atoms with E-state index in [1.54, 1.807) is 31.3 Å². The second-order valence-electron chi connectivity index (χ2n) is 5.85. The summed E-state index contributed by atoms with van der Waals surface area (Å²) in [6, 6.07) is 6.47. The van der Waals surface area contributed by atoms with Gasteiger partial charge < -0.3 is 5.32 Å². The summed E-state index contributed by atoms with van der Waals surface area (Å²) in [5.41, 5.74) is 1.51. The molecular weight excluding hydrogens is 377 g/mol. The van der Waals surface area contributed by atoms with Crippen LogP contribution >= 0.6 is 11.3 Å². The first-order valence-electron chi connectivity index (χ1n) is 7.97. The number of rotatable bonds is 4. The van der Waals surface area contributed by atoms with Gasteiger partial charge in [0.1, 0.15) is 5.01 Å². The number of nitrogens with one attached hydrogen (secondary N) is 1. The van der Waals surface area contributed by atoms with Gasteiger partial charge in [0.25, 0.3) is 5.91 Å². The number of halogens is 3. The molecule has 0 fully saturated rings. The Morgan fingerprint density at radius 1 is 1.11 bits per heavy atom. The van der Waals surface area contributed by atoms with Gasteiger partial charge in [-0.05, 0) is 19.9 Å². The Hall–Kier alpha value is -2.81. The van der Waals surface area contributed by atoms with Crippen LogP contribution < -0.4 is 5.32 Å². The lowest BCUT2D eigenvalue weighted by Crippen LogP contribution is -2.27. The van der Waals surface area contributed by atoms with E-state index in [-0.39, 0.29) is 5.91 Å². The van der Waals surface area contributed by atoms with E-state index < -0.39 is 18.0 Å². The summed E-state index contributed by atoms with van der Waals surface area (Å²) in [7, 11) is 0. The lowest BCUT2D eigenvalue weighted by Gasteiger charge is -2.15. The van der Waals surface area contributed by atoms with Crippen molar-refractivity contribution in [3.05, 3.63) is 64.7 Å². The van der Waals surface area contributed by atoms with E-state index in [1.165, 1.54) is 11.3 Å². The number of alkyl halides is 3. The third kappa shape index (κ3) is 4.30. The second kappa shape index (κ2) is 7.43. The average Bonchev–Trinajstić information content (AvgIpc) is 3.07. The molecule has 1 atom stereocenters. The van der Waals surface area contributed by atoms with Crippen molar-refractivity contribution in [1.82, 2.24) is 20.3 Å². The molecule has 0 aliphatic heterocycles. The molecule has 0 saturated heterocycles. The minimum atomic E-state index is -4.60. The van der Waals surface area contributed by atoms with E-state index in [0.717, 1.165) is 22.3 Å². The fourth-order valence-corrected chi connectivity index (χ4v) is 3.22. The summed E-state index contributed by atoms with van der Waals surface area (Å²) < 4.78 is 37.7. The summed E-state index contributed by atoms with van der Waals surface area (Å²) in [5.74, 6) is -1.57. The normalized spacial score (nSPS) is 12.6. The topological polar surface area (TPSA) is 67.8 Å². The molecule has 0 spiro atoms. The van der Waals surface area contributed by atoms with Crippen LogP contribution in [0, 0.1) is 6.92 Å². The molecule has 3 rings (SSSR count). The molecule has 0 saturated carbocycles. The summed E-state index contributed by atoms with van der Waals surface area (Å²) >= 11 is 1.47. The van der Waals surface area contributed by atoms with E-state index in [0.29, 0.717) is 16.7 Å². The second-order valence-corrected chi connectivity index (χ2v) is 7.09. The third-order valence-electron chi connectivity index (χ3n) is 3.80. The molecule has 27 heavy (non-hydrogen) atoms. The van der Waals surface area contributed by atoms with Gasteiger partial charge in [0.15, 0.2) is 0 Å². The zero-order valence-electron chi connectivity index (χ0n) is 14.4. The van der Waals surface area contributed by atoms with Crippen LogP contribution in [-0.4, -0.2) is 20.9 Å². The van der Waals surface area contributed by atoms with Gasteiger partial charge in [-0.3, -0.25) is 4.79 Å². The first-order chi connectivity index (χ1) is 12.8. The Morgan fingerprint density at radius 2 is 1.78 bits per heavy atom. The smallest absolute Gasteiger partial charge is 0.345 e. The van der Waals surface area contributed by atoms with Gasteiger partial charge in [0.2, 0.25) is 5.82 Å². The van der Waals surface area contributed by atoms with Crippen LogP contribution in [0.1, 0.15) is 39.6 Å². The third-order valence-corrected chi connectivity index (χ3v) is 4.74. The van der Waals surface area contributed by atoms with Gasteiger partial charge in [0.05, 0.1) is 6.04 Å². The van der Waals surface area contributed by atoms with Crippen LogP contribution in [0.2, 0.25) is 0 Å². The standard InChI is InChI=1S/C18H15F3N4OS/c1-10-7-22-16(27-10)14-6-4-3-5-13(14)15(26)25-11(2)12-8-23-17(24-9-12)18(19,20)21/h3-9,11H,1-2H3,(H,25,26)/t11-/m1/s1. The number of amides is 1. The molecule has 2 heterocycles. The number of carbonyl (C=O) groups is 1. The largest absolute Gasteiger partial charge is 0.451 e. The first-order valence-corrected chi connectivity index (χ1v) is 8.79. The molecule has 9 heteroatoms. The van der Waals surface area contributed by atoms with Gasteiger partial charge in [0, 0.05) is 40.2 Å². The zero-order chi connectivity index (χ0) is 19.6. The van der Waals surface area contributed by atoms with Crippen molar-refractivity contribution >= 4 is 17.2 Å². The molecule has 0 bridgehead atoms. The minimum absolute atomic E-state index is 0.356. The predicted octanol–water partition coefficient (Wildman–Crippen LogP) is 4.42. The maximum absolute atomic E-state index is 12.7. The fraction of sp³-hybridized carbons (Fsp3) is 0.222. The molecule has 5 nitrogen and oxygen atoms in total. The predicted molar refractivity (Wildman–Crippen MR) is 95.2 cm³/mol. The van der Waals surface area contributed by atoms with E-state index in [2.05, 4.69) is 20.3 Å². The highest BCUT2D eigenvalue weighted by atomic mass is 32.1. The van der Waals surface area contributed by atoms with Crippen LogP contribution in [0.4, 0.5) is 13.2 Å². The molecule has 140 valence electrons. The summed E-state index contributed by atoms with van der Waals surface area (Å²) in [5, 5.41) is 3.49. The Balaban J connectivity index is 1.80. The molecule has 1 N–H and O–H groups in total. The van der Waals surface area contributed by atoms with Crippen LogP contribution in [0.3, 0.4) is 0 Å². The number of aromatic nitrogens is 3. The summed E-state index contributed by atoms with van der Waals surface area (Å²) in [6.45, 7) is 3.58. The van der Waals surface area contributed by atoms with E-state index in [9.17, 15) is 18.0 Å². The van der Waals surface area contributed by atoms with Crippen molar-refractivity contribution in [3.63, 3.8) is 0 Å². The van der Waals surface area contributed by atoms with Gasteiger partial charge >= 0.3 is 6.18 Å². The maximum Gasteiger partial charge on any atom is 0.451 e. The molecule has 2 aromatic heterocycles. The Kier molecular flexibility index (Phi) is 5.22. The van der Waals surface area contributed by atoms with Crippen LogP contribution in [-0.2, 0) is 6.18 Å². The molecule has 1 aromatic carbocycles. The fourth-order valence-electron chi connectivity index (χ4n) is 2.41. The lowest BCUT2D eigenvalue weighted by atomic mass is 10.1. The summed E-state index contributed by atoms with van der Waals surface area (Å²) in [6.07, 6.45) is -0.736. The number of nitrogens with zero attached hydrogens (tertiary/aromatic N) is 3. The van der Waals surface area contributed by atoms with Crippen LogP contribution in [0.25, 0.3) is 10.6 Å². The van der Waals surface area contributed by atoms with Crippen LogP contribution in [0.15, 0.2) is 42.9 Å². The highest BCUT2D eigenvalue weighted by molar-refractivity contribution is 7.15. The number of thiazole rings is 1. The number of hydrogen-bond donors (Lipinski definition) is 1. The monoisotopic (exact) mass is 392 g/mol. The first kappa shape index (κ1) is 19.0. The van der Waals surface area contributed by atoms with E-state index >= 15 is 0 Å². The zero-order valence-corrected chi connectivity index (χ0v) is 15.2. The van der Waals surface area contributed by atoms with Crippen molar-refractivity contribution < 1.29 is 18.0 Å². The Labute approximate surface area is 157 Å². The Bertz CT molecular complexity index is 954. The van der Waals surface area contributed by atoms with Gasteiger partial charge in [-0.2, -0.15) is 13.2 Å². The molecule has 0 unspecified atom stereocenters. The molecule has 0 radical (unpaired) electrons. The van der Waals surface area contributed by atoms with Crippen molar-refractivity contribution in [2.45, 2.75) is 26.1 Å². The van der Waals surface area contributed by atoms with Crippen molar-refractivity contribution in [2.75, 3.05) is 0 Å². The molecule has 0 aliphatic carbocycles. The number of carbonyl (C=O) groups excluding carboxylic acids is 1. The van der Waals surface area contributed by atoms with Crippen molar-refractivity contribution in [2.24, 2.45) is 0 Å².